The van der Waals surface area contributed by atoms with Crippen molar-refractivity contribution >= 4 is 27.4 Å². The largest absolute Gasteiger partial charge is 0.493 e. The third-order valence-electron chi connectivity index (χ3n) is 6.42. The fourth-order valence-electron chi connectivity index (χ4n) is 4.83. The normalized spacial score (nSPS) is 17.3. The Bertz CT molecular complexity index is 1110. The molecule has 7 nitrogen and oxygen atoms in total. The summed E-state index contributed by atoms with van der Waals surface area (Å²) >= 11 is 1.83. The first kappa shape index (κ1) is 21.4. The standard InChI is InChI=1S/C24H30N4O3S/c1-15-26-23(22-17-5-4-6-21(17)32-24(22)27-15)25-14-18(28-9-11-31-12-10-28)16-7-8-19(29-2)20(13-16)30-3/h7-8,13,18H,4-6,9-12,14H2,1-3H3,(H,25,26,27). The van der Waals surface area contributed by atoms with Gasteiger partial charge in [-0.1, -0.05) is 6.07 Å². The monoisotopic (exact) mass is 454 g/mol. The van der Waals surface area contributed by atoms with Crippen molar-refractivity contribution in [2.45, 2.75) is 32.2 Å². The molecule has 2 aliphatic rings. The Balaban J connectivity index is 1.48. The highest BCUT2D eigenvalue weighted by atomic mass is 32.1. The molecule has 3 heterocycles. The number of fused-ring (bicyclic) bond motifs is 3. The number of morpholine rings is 1. The number of benzene rings is 1. The quantitative estimate of drug-likeness (QED) is 0.579. The van der Waals surface area contributed by atoms with Gasteiger partial charge in [-0.15, -0.1) is 11.3 Å². The van der Waals surface area contributed by atoms with Gasteiger partial charge in [-0.3, -0.25) is 4.90 Å². The molecule has 1 saturated heterocycles. The van der Waals surface area contributed by atoms with Crippen LogP contribution in [0.15, 0.2) is 18.2 Å². The predicted molar refractivity (Wildman–Crippen MR) is 127 cm³/mol. The van der Waals surface area contributed by atoms with Crippen molar-refractivity contribution in [2.75, 3.05) is 52.4 Å². The van der Waals surface area contributed by atoms with Crippen LogP contribution in [0.2, 0.25) is 0 Å². The molecule has 0 spiro atoms. The van der Waals surface area contributed by atoms with E-state index in [2.05, 4.69) is 22.3 Å². The maximum Gasteiger partial charge on any atom is 0.161 e. The van der Waals surface area contributed by atoms with Crippen LogP contribution in [0, 0.1) is 6.92 Å². The van der Waals surface area contributed by atoms with Gasteiger partial charge in [0.05, 0.1) is 38.9 Å². The minimum Gasteiger partial charge on any atom is -0.493 e. The van der Waals surface area contributed by atoms with E-state index in [1.54, 1.807) is 14.2 Å². The molecular formula is C24H30N4O3S. The third kappa shape index (κ3) is 4.02. The van der Waals surface area contributed by atoms with Crippen molar-refractivity contribution in [3.63, 3.8) is 0 Å². The molecule has 1 N–H and O–H groups in total. The summed E-state index contributed by atoms with van der Waals surface area (Å²) in [6.07, 6.45) is 3.52. The van der Waals surface area contributed by atoms with Crippen LogP contribution in [0.4, 0.5) is 5.82 Å². The molecule has 0 bridgehead atoms. The van der Waals surface area contributed by atoms with Crippen molar-refractivity contribution in [1.29, 1.82) is 0 Å². The number of hydrogen-bond donors (Lipinski definition) is 1. The number of anilines is 1. The Labute approximate surface area is 192 Å². The van der Waals surface area contributed by atoms with Crippen molar-refractivity contribution in [2.24, 2.45) is 0 Å². The van der Waals surface area contributed by atoms with Crippen LogP contribution in [0.5, 0.6) is 11.5 Å². The number of aromatic nitrogens is 2. The zero-order valence-corrected chi connectivity index (χ0v) is 19.8. The second kappa shape index (κ2) is 9.21. The van der Waals surface area contributed by atoms with Crippen molar-refractivity contribution in [3.8, 4) is 11.5 Å². The second-order valence-corrected chi connectivity index (χ2v) is 9.40. The molecular weight excluding hydrogens is 424 g/mol. The van der Waals surface area contributed by atoms with E-state index in [0.717, 1.165) is 73.7 Å². The number of thiophene rings is 1. The Hall–Kier alpha value is -2.42. The van der Waals surface area contributed by atoms with E-state index in [4.69, 9.17) is 24.2 Å². The lowest BCUT2D eigenvalue weighted by molar-refractivity contribution is 0.0186. The first-order valence-electron chi connectivity index (χ1n) is 11.2. The van der Waals surface area contributed by atoms with Gasteiger partial charge in [0.2, 0.25) is 0 Å². The summed E-state index contributed by atoms with van der Waals surface area (Å²) in [6, 6.07) is 6.37. The van der Waals surface area contributed by atoms with Gasteiger partial charge in [0.1, 0.15) is 16.5 Å². The SMILES string of the molecule is COc1ccc(C(CNc2nc(C)nc3sc4c(c23)CCC4)N2CCOCC2)cc1OC. The third-order valence-corrected chi connectivity index (χ3v) is 7.60. The molecule has 0 saturated carbocycles. The van der Waals surface area contributed by atoms with Crippen LogP contribution in [-0.2, 0) is 17.6 Å². The highest BCUT2D eigenvalue weighted by Crippen LogP contribution is 2.40. The Morgan fingerprint density at radius 1 is 1.12 bits per heavy atom. The lowest BCUT2D eigenvalue weighted by atomic mass is 10.0. The van der Waals surface area contributed by atoms with Gasteiger partial charge in [0.15, 0.2) is 11.5 Å². The number of rotatable bonds is 7. The molecule has 1 aliphatic heterocycles. The van der Waals surface area contributed by atoms with Gasteiger partial charge in [-0.2, -0.15) is 0 Å². The topological polar surface area (TPSA) is 68.7 Å². The summed E-state index contributed by atoms with van der Waals surface area (Å²) in [5, 5.41) is 4.93. The van der Waals surface area contributed by atoms with E-state index >= 15 is 0 Å². The molecule has 8 heteroatoms. The van der Waals surface area contributed by atoms with Crippen LogP contribution in [0.3, 0.4) is 0 Å². The van der Waals surface area contributed by atoms with Crippen LogP contribution >= 0.6 is 11.3 Å². The molecule has 1 aromatic carbocycles. The Morgan fingerprint density at radius 3 is 2.72 bits per heavy atom. The zero-order valence-electron chi connectivity index (χ0n) is 18.9. The summed E-state index contributed by atoms with van der Waals surface area (Å²) < 4.78 is 16.7. The molecule has 0 amide bonds. The van der Waals surface area contributed by atoms with Gasteiger partial charge in [0, 0.05) is 24.5 Å². The fourth-order valence-corrected chi connectivity index (χ4v) is 6.14. The first-order chi connectivity index (χ1) is 15.7. The van der Waals surface area contributed by atoms with E-state index in [0.29, 0.717) is 0 Å². The Kier molecular flexibility index (Phi) is 6.17. The highest BCUT2D eigenvalue weighted by molar-refractivity contribution is 7.19. The van der Waals surface area contributed by atoms with E-state index in [1.165, 1.54) is 27.8 Å². The molecule has 5 rings (SSSR count). The van der Waals surface area contributed by atoms with E-state index in [9.17, 15) is 0 Å². The second-order valence-electron chi connectivity index (χ2n) is 8.32. The smallest absolute Gasteiger partial charge is 0.161 e. The number of hydrogen-bond acceptors (Lipinski definition) is 8. The van der Waals surface area contributed by atoms with Crippen molar-refractivity contribution in [1.82, 2.24) is 14.9 Å². The molecule has 170 valence electrons. The molecule has 1 fully saturated rings. The van der Waals surface area contributed by atoms with E-state index in [1.807, 2.05) is 24.3 Å². The van der Waals surface area contributed by atoms with E-state index < -0.39 is 0 Å². The van der Waals surface area contributed by atoms with Crippen LogP contribution < -0.4 is 14.8 Å². The number of ether oxygens (including phenoxy) is 3. The molecule has 2 aromatic heterocycles. The lowest BCUT2D eigenvalue weighted by Crippen LogP contribution is -2.41. The number of aryl methyl sites for hydroxylation is 3. The molecule has 3 aromatic rings. The molecule has 1 unspecified atom stereocenters. The van der Waals surface area contributed by atoms with Crippen LogP contribution in [0.1, 0.15) is 34.3 Å². The average Bonchev–Trinajstić information content (AvgIpc) is 3.40. The van der Waals surface area contributed by atoms with Gasteiger partial charge < -0.3 is 19.5 Å². The van der Waals surface area contributed by atoms with Gasteiger partial charge >= 0.3 is 0 Å². The summed E-state index contributed by atoms with van der Waals surface area (Å²) in [4.78, 5) is 14.6. The summed E-state index contributed by atoms with van der Waals surface area (Å²) in [7, 11) is 3.35. The fraction of sp³-hybridized carbons (Fsp3) is 0.500. The average molecular weight is 455 g/mol. The zero-order chi connectivity index (χ0) is 22.1. The molecule has 1 atom stereocenters. The van der Waals surface area contributed by atoms with Crippen molar-refractivity contribution in [3.05, 3.63) is 40.0 Å². The first-order valence-corrected chi connectivity index (χ1v) is 12.1. The van der Waals surface area contributed by atoms with Gasteiger partial charge in [-0.05, 0) is 49.4 Å². The van der Waals surface area contributed by atoms with E-state index in [-0.39, 0.29) is 6.04 Å². The van der Waals surface area contributed by atoms with Gasteiger partial charge in [-0.25, -0.2) is 9.97 Å². The number of nitrogens with one attached hydrogen (secondary N) is 1. The minimum absolute atomic E-state index is 0.163. The predicted octanol–water partition coefficient (Wildman–Crippen LogP) is 3.99. The Morgan fingerprint density at radius 2 is 1.94 bits per heavy atom. The maximum absolute atomic E-state index is 5.62. The lowest BCUT2D eigenvalue weighted by Gasteiger charge is -2.35. The van der Waals surface area contributed by atoms with Crippen LogP contribution in [-0.4, -0.2) is 61.9 Å². The summed E-state index contributed by atoms with van der Waals surface area (Å²) in [6.45, 7) is 6.01. The number of nitrogens with zero attached hydrogens (tertiary/aromatic N) is 3. The summed E-state index contributed by atoms with van der Waals surface area (Å²) in [5.74, 6) is 3.27. The maximum atomic E-state index is 5.62. The molecule has 32 heavy (non-hydrogen) atoms. The highest BCUT2D eigenvalue weighted by Gasteiger charge is 2.26. The minimum atomic E-state index is 0.163. The molecule has 1 aliphatic carbocycles. The van der Waals surface area contributed by atoms with Crippen LogP contribution in [0.25, 0.3) is 10.2 Å². The molecule has 0 radical (unpaired) electrons. The summed E-state index contributed by atoms with van der Waals surface area (Å²) in [5.41, 5.74) is 2.64. The van der Waals surface area contributed by atoms with Crippen molar-refractivity contribution < 1.29 is 14.2 Å². The van der Waals surface area contributed by atoms with Gasteiger partial charge in [0.25, 0.3) is 0 Å². The number of methoxy groups -OCH3 is 2.